The number of benzene rings is 3. The monoisotopic (exact) mass is 472 g/mol. The van der Waals surface area contributed by atoms with Crippen molar-refractivity contribution in [2.75, 3.05) is 5.32 Å². The predicted octanol–water partition coefficient (Wildman–Crippen LogP) is 7.07. The van der Waals surface area contributed by atoms with E-state index in [9.17, 15) is 4.79 Å². The number of hydrogen-bond acceptors (Lipinski definition) is 3. The van der Waals surface area contributed by atoms with Gasteiger partial charge in [-0.2, -0.15) is 0 Å². The van der Waals surface area contributed by atoms with Crippen LogP contribution in [0.3, 0.4) is 0 Å². The zero-order valence-electron chi connectivity index (χ0n) is 17.5. The molecular weight excluding hydrogens is 452 g/mol. The number of furan rings is 1. The molecule has 3 aromatic carbocycles. The fraction of sp³-hybridized carbons (Fsp3) is 0.115. The van der Waals surface area contributed by atoms with Crippen molar-refractivity contribution in [1.29, 1.82) is 0 Å². The van der Waals surface area contributed by atoms with Crippen molar-refractivity contribution in [1.82, 2.24) is 4.57 Å². The number of fused-ring (bicyclic) bond motifs is 3. The Morgan fingerprint density at radius 1 is 0.968 bits per heavy atom. The van der Waals surface area contributed by atoms with Crippen LogP contribution in [-0.2, 0) is 7.05 Å². The number of aryl methyl sites for hydroxylation is 3. The molecule has 5 aromatic rings. The lowest BCUT2D eigenvalue weighted by atomic mass is 10.0. The number of para-hydroxylation sites is 1. The quantitative estimate of drug-likeness (QED) is 0.305. The molecule has 0 fully saturated rings. The lowest BCUT2D eigenvalue weighted by Crippen LogP contribution is -2.17. The van der Waals surface area contributed by atoms with Crippen LogP contribution in [0, 0.1) is 13.8 Å². The molecule has 2 aromatic heterocycles. The van der Waals surface area contributed by atoms with E-state index < -0.39 is 0 Å². The summed E-state index contributed by atoms with van der Waals surface area (Å²) in [5.74, 6) is 0.563. The number of aromatic nitrogens is 1. The van der Waals surface area contributed by atoms with Crippen LogP contribution >= 0.6 is 15.9 Å². The largest absolute Gasteiger partial charge is 0.439 e. The van der Waals surface area contributed by atoms with Gasteiger partial charge in [0.05, 0.1) is 16.5 Å². The Bertz CT molecular complexity index is 1530. The number of nitrogens with one attached hydrogen (secondary N) is 1. The minimum absolute atomic E-state index is 0.0823. The summed E-state index contributed by atoms with van der Waals surface area (Å²) in [7, 11) is 1.80. The van der Waals surface area contributed by atoms with Gasteiger partial charge in [0.15, 0.2) is 5.58 Å². The van der Waals surface area contributed by atoms with Crippen LogP contribution in [0.1, 0.15) is 11.1 Å². The molecule has 0 amide bonds. The fourth-order valence-electron chi connectivity index (χ4n) is 4.14. The first-order chi connectivity index (χ1) is 14.9. The van der Waals surface area contributed by atoms with Gasteiger partial charge in [0.25, 0.3) is 5.56 Å². The highest BCUT2D eigenvalue weighted by molar-refractivity contribution is 9.10. The van der Waals surface area contributed by atoms with Gasteiger partial charge in [0, 0.05) is 22.6 Å². The Morgan fingerprint density at radius 3 is 2.55 bits per heavy atom. The first kappa shape index (κ1) is 19.6. The second kappa shape index (κ2) is 7.43. The van der Waals surface area contributed by atoms with Gasteiger partial charge in [-0.15, -0.1) is 0 Å². The summed E-state index contributed by atoms with van der Waals surface area (Å²) < 4.78 is 9.02. The predicted molar refractivity (Wildman–Crippen MR) is 131 cm³/mol. The average Bonchev–Trinajstić information content (AvgIpc) is 3.13. The van der Waals surface area contributed by atoms with E-state index in [-0.39, 0.29) is 5.56 Å². The van der Waals surface area contributed by atoms with Crippen molar-refractivity contribution in [3.8, 4) is 11.1 Å². The van der Waals surface area contributed by atoms with Gasteiger partial charge in [-0.3, -0.25) is 4.79 Å². The Balaban J connectivity index is 1.88. The van der Waals surface area contributed by atoms with Crippen LogP contribution in [0.4, 0.5) is 11.6 Å². The van der Waals surface area contributed by atoms with Crippen molar-refractivity contribution in [3.63, 3.8) is 0 Å². The highest BCUT2D eigenvalue weighted by atomic mass is 79.9. The summed E-state index contributed by atoms with van der Waals surface area (Å²) in [5, 5.41) is 4.94. The molecule has 31 heavy (non-hydrogen) atoms. The Morgan fingerprint density at radius 2 is 1.77 bits per heavy atom. The molecule has 0 aliphatic rings. The molecule has 0 radical (unpaired) electrons. The summed E-state index contributed by atoms with van der Waals surface area (Å²) in [6.07, 6.45) is 0. The fourth-order valence-corrected chi connectivity index (χ4v) is 4.54. The van der Waals surface area contributed by atoms with Crippen molar-refractivity contribution in [3.05, 3.63) is 92.7 Å². The molecule has 0 saturated carbocycles. The second-order valence-electron chi connectivity index (χ2n) is 7.85. The number of pyridine rings is 1. The summed E-state index contributed by atoms with van der Waals surface area (Å²) in [6, 6.07) is 22.0. The van der Waals surface area contributed by atoms with Crippen LogP contribution in [-0.4, -0.2) is 4.57 Å². The molecule has 0 aliphatic heterocycles. The molecular formula is C26H21BrN2O2. The Kier molecular flexibility index (Phi) is 4.71. The Labute approximate surface area is 188 Å². The molecule has 4 nitrogen and oxygen atoms in total. The second-order valence-corrected chi connectivity index (χ2v) is 8.76. The SMILES string of the molecule is Cc1ccc(Nc2oc3c(c2-c2cccc(Br)c2)c(=O)n(C)c2ccccc32)c(C)c1. The highest BCUT2D eigenvalue weighted by Gasteiger charge is 2.23. The van der Waals surface area contributed by atoms with Gasteiger partial charge in [0.2, 0.25) is 5.88 Å². The van der Waals surface area contributed by atoms with E-state index in [0.717, 1.165) is 37.8 Å². The third kappa shape index (κ3) is 3.26. The maximum Gasteiger partial charge on any atom is 0.262 e. The van der Waals surface area contributed by atoms with E-state index in [1.165, 1.54) is 5.56 Å². The third-order valence-electron chi connectivity index (χ3n) is 5.68. The average molecular weight is 473 g/mol. The van der Waals surface area contributed by atoms with Crippen LogP contribution in [0.15, 0.2) is 80.4 Å². The number of nitrogens with zero attached hydrogens (tertiary/aromatic N) is 1. The van der Waals surface area contributed by atoms with Gasteiger partial charge >= 0.3 is 0 Å². The molecule has 5 rings (SSSR count). The van der Waals surface area contributed by atoms with E-state index in [0.29, 0.717) is 16.9 Å². The maximum absolute atomic E-state index is 13.5. The zero-order chi connectivity index (χ0) is 21.7. The first-order valence-corrected chi connectivity index (χ1v) is 10.9. The van der Waals surface area contributed by atoms with Crippen molar-refractivity contribution in [2.45, 2.75) is 13.8 Å². The molecule has 0 aliphatic carbocycles. The van der Waals surface area contributed by atoms with Gasteiger partial charge < -0.3 is 14.3 Å². The number of rotatable bonds is 3. The Hall–Kier alpha value is -3.31. The lowest BCUT2D eigenvalue weighted by Gasteiger charge is -2.10. The summed E-state index contributed by atoms with van der Waals surface area (Å²) in [5.41, 5.74) is 6.28. The van der Waals surface area contributed by atoms with Crippen LogP contribution in [0.5, 0.6) is 0 Å². The third-order valence-corrected chi connectivity index (χ3v) is 6.17. The number of halogens is 1. The summed E-state index contributed by atoms with van der Waals surface area (Å²) in [4.78, 5) is 13.5. The van der Waals surface area contributed by atoms with Crippen LogP contribution < -0.4 is 10.9 Å². The van der Waals surface area contributed by atoms with Gasteiger partial charge in [-0.1, -0.05) is 57.9 Å². The minimum atomic E-state index is -0.0823. The van der Waals surface area contributed by atoms with E-state index in [4.69, 9.17) is 4.42 Å². The van der Waals surface area contributed by atoms with E-state index in [2.05, 4.69) is 47.2 Å². The molecule has 0 saturated heterocycles. The first-order valence-electron chi connectivity index (χ1n) is 10.1. The molecule has 0 atom stereocenters. The molecule has 5 heteroatoms. The molecule has 2 heterocycles. The van der Waals surface area contributed by atoms with Gasteiger partial charge in [-0.25, -0.2) is 0 Å². The van der Waals surface area contributed by atoms with Crippen molar-refractivity contribution >= 4 is 49.4 Å². The van der Waals surface area contributed by atoms with Crippen LogP contribution in [0.25, 0.3) is 33.0 Å². The molecule has 0 unspecified atom stereocenters. The van der Waals surface area contributed by atoms with Crippen LogP contribution in [0.2, 0.25) is 0 Å². The minimum Gasteiger partial charge on any atom is -0.439 e. The van der Waals surface area contributed by atoms with Gasteiger partial charge in [0.1, 0.15) is 0 Å². The lowest BCUT2D eigenvalue weighted by molar-refractivity contribution is 0.637. The zero-order valence-corrected chi connectivity index (χ0v) is 19.1. The molecule has 0 bridgehead atoms. The smallest absolute Gasteiger partial charge is 0.262 e. The van der Waals surface area contributed by atoms with E-state index in [1.807, 2.05) is 54.6 Å². The van der Waals surface area contributed by atoms with Crippen molar-refractivity contribution < 1.29 is 4.42 Å². The molecule has 0 spiro atoms. The summed E-state index contributed by atoms with van der Waals surface area (Å²) >= 11 is 3.56. The highest BCUT2D eigenvalue weighted by Crippen LogP contribution is 2.41. The number of hydrogen-bond donors (Lipinski definition) is 1. The number of anilines is 2. The van der Waals surface area contributed by atoms with Crippen molar-refractivity contribution in [2.24, 2.45) is 7.05 Å². The van der Waals surface area contributed by atoms with E-state index >= 15 is 0 Å². The maximum atomic E-state index is 13.5. The summed E-state index contributed by atoms with van der Waals surface area (Å²) in [6.45, 7) is 4.13. The molecule has 1 N–H and O–H groups in total. The molecule has 154 valence electrons. The normalized spacial score (nSPS) is 11.4. The standard InChI is InChI=1S/C26H21BrN2O2/c1-15-11-12-20(16(2)13-15)28-25-22(17-7-6-8-18(27)14-17)23-24(31-25)19-9-4-5-10-21(19)29(3)26(23)30/h4-14,28H,1-3H3. The van der Waals surface area contributed by atoms with Gasteiger partial charge in [-0.05, 0) is 55.3 Å². The topological polar surface area (TPSA) is 47.2 Å². The van der Waals surface area contributed by atoms with E-state index in [1.54, 1.807) is 11.6 Å².